The molecule has 1 amide bonds. The van der Waals surface area contributed by atoms with E-state index < -0.39 is 20.6 Å². The van der Waals surface area contributed by atoms with E-state index in [2.05, 4.69) is 6.92 Å². The quantitative estimate of drug-likeness (QED) is 0.508. The maximum atomic E-state index is 12.9. The molecule has 2 saturated heterocycles. The van der Waals surface area contributed by atoms with Crippen LogP contribution in [0.25, 0.3) is 0 Å². The van der Waals surface area contributed by atoms with E-state index in [1.54, 1.807) is 0 Å². The van der Waals surface area contributed by atoms with Gasteiger partial charge in [-0.05, 0) is 31.7 Å². The molecule has 2 aliphatic heterocycles. The first kappa shape index (κ1) is 21.7. The molecule has 1 aromatic carbocycles. The summed E-state index contributed by atoms with van der Waals surface area (Å²) in [7, 11) is -3.95. The van der Waals surface area contributed by atoms with Crippen molar-refractivity contribution in [2.75, 3.05) is 39.3 Å². The summed E-state index contributed by atoms with van der Waals surface area (Å²) in [5, 5.41) is 11.2. The minimum atomic E-state index is -3.95. The molecule has 1 atom stereocenters. The number of carbonyl (C=O) groups excluding carboxylic acids is 1. The molecule has 0 spiro atoms. The van der Waals surface area contributed by atoms with E-state index in [4.69, 9.17) is 0 Å². The number of rotatable bonds is 6. The fourth-order valence-electron chi connectivity index (χ4n) is 4.13. The minimum Gasteiger partial charge on any atom is -0.339 e. The van der Waals surface area contributed by atoms with Crippen LogP contribution in [0.5, 0.6) is 0 Å². The largest absolute Gasteiger partial charge is 0.339 e. The lowest BCUT2D eigenvalue weighted by atomic mass is 10.00. The molecule has 0 saturated carbocycles. The number of nitro groups is 1. The van der Waals surface area contributed by atoms with Gasteiger partial charge in [0.2, 0.25) is 15.9 Å². The van der Waals surface area contributed by atoms with Gasteiger partial charge in [0, 0.05) is 44.8 Å². The van der Waals surface area contributed by atoms with Crippen LogP contribution >= 0.6 is 0 Å². The lowest BCUT2D eigenvalue weighted by Crippen LogP contribution is -2.53. The molecule has 2 aliphatic rings. The Morgan fingerprint density at radius 3 is 2.48 bits per heavy atom. The number of piperidine rings is 1. The number of piperazine rings is 1. The van der Waals surface area contributed by atoms with Gasteiger partial charge in [-0.2, -0.15) is 4.31 Å². The van der Waals surface area contributed by atoms with Crippen LogP contribution in [0.2, 0.25) is 0 Å². The Morgan fingerprint density at radius 1 is 1.14 bits per heavy atom. The molecule has 10 heteroatoms. The van der Waals surface area contributed by atoms with Crippen LogP contribution in [-0.2, 0) is 14.8 Å². The zero-order chi connectivity index (χ0) is 21.0. The van der Waals surface area contributed by atoms with Crippen molar-refractivity contribution in [3.63, 3.8) is 0 Å². The van der Waals surface area contributed by atoms with Gasteiger partial charge < -0.3 is 4.90 Å². The molecule has 29 heavy (non-hydrogen) atoms. The van der Waals surface area contributed by atoms with E-state index in [1.165, 1.54) is 28.6 Å². The van der Waals surface area contributed by atoms with Crippen molar-refractivity contribution in [1.29, 1.82) is 0 Å². The van der Waals surface area contributed by atoms with Crippen LogP contribution in [0.3, 0.4) is 0 Å². The number of hydrogen-bond acceptors (Lipinski definition) is 6. The monoisotopic (exact) mass is 424 g/mol. The second-order valence-corrected chi connectivity index (χ2v) is 9.46. The van der Waals surface area contributed by atoms with Crippen molar-refractivity contribution in [2.45, 2.75) is 43.5 Å². The summed E-state index contributed by atoms with van der Waals surface area (Å²) in [5.41, 5.74) is -0.416. The molecule has 1 aromatic rings. The van der Waals surface area contributed by atoms with E-state index in [9.17, 15) is 23.3 Å². The van der Waals surface area contributed by atoms with Gasteiger partial charge in [-0.3, -0.25) is 19.8 Å². The van der Waals surface area contributed by atoms with Gasteiger partial charge in [-0.25, -0.2) is 8.42 Å². The smallest absolute Gasteiger partial charge is 0.289 e. The fraction of sp³-hybridized carbons (Fsp3) is 0.632. The number of nitrogens with zero attached hydrogens (tertiary/aromatic N) is 4. The van der Waals surface area contributed by atoms with Crippen molar-refractivity contribution in [3.8, 4) is 0 Å². The highest BCUT2D eigenvalue weighted by Crippen LogP contribution is 2.27. The summed E-state index contributed by atoms with van der Waals surface area (Å²) in [6, 6.07) is 5.70. The van der Waals surface area contributed by atoms with Crippen LogP contribution in [0.4, 0.5) is 5.69 Å². The Morgan fingerprint density at radius 2 is 1.83 bits per heavy atom. The summed E-state index contributed by atoms with van der Waals surface area (Å²) >= 11 is 0. The van der Waals surface area contributed by atoms with Gasteiger partial charge in [-0.1, -0.05) is 19.1 Å². The third-order valence-electron chi connectivity index (χ3n) is 5.79. The second kappa shape index (κ2) is 9.19. The van der Waals surface area contributed by atoms with Crippen LogP contribution < -0.4 is 0 Å². The maximum Gasteiger partial charge on any atom is 0.289 e. The van der Waals surface area contributed by atoms with E-state index in [0.717, 1.165) is 32.2 Å². The summed E-state index contributed by atoms with van der Waals surface area (Å²) in [6.45, 7) is 4.45. The number of hydrogen-bond donors (Lipinski definition) is 0. The van der Waals surface area contributed by atoms with E-state index in [0.29, 0.717) is 19.1 Å². The summed E-state index contributed by atoms with van der Waals surface area (Å²) < 4.78 is 27.1. The van der Waals surface area contributed by atoms with Gasteiger partial charge in [0.1, 0.15) is 0 Å². The van der Waals surface area contributed by atoms with Crippen molar-refractivity contribution < 1.29 is 18.1 Å². The number of carbonyl (C=O) groups is 1. The number of likely N-dealkylation sites (tertiary alicyclic amines) is 1. The molecule has 0 N–H and O–H groups in total. The number of amides is 1. The molecule has 0 bridgehead atoms. The van der Waals surface area contributed by atoms with Crippen molar-refractivity contribution >= 4 is 21.6 Å². The third-order valence-corrected chi connectivity index (χ3v) is 7.73. The Labute approximate surface area is 171 Å². The molecular formula is C19H28N4O5S. The van der Waals surface area contributed by atoms with Gasteiger partial charge in [0.25, 0.3) is 5.69 Å². The molecule has 0 unspecified atom stereocenters. The predicted molar refractivity (Wildman–Crippen MR) is 108 cm³/mol. The lowest BCUT2D eigenvalue weighted by molar-refractivity contribution is -0.387. The zero-order valence-electron chi connectivity index (χ0n) is 16.7. The highest BCUT2D eigenvalue weighted by molar-refractivity contribution is 7.89. The van der Waals surface area contributed by atoms with Crippen molar-refractivity contribution in [1.82, 2.24) is 14.1 Å². The normalized spacial score (nSPS) is 21.8. The van der Waals surface area contributed by atoms with E-state index in [-0.39, 0.29) is 30.4 Å². The third kappa shape index (κ3) is 4.76. The van der Waals surface area contributed by atoms with Crippen LogP contribution in [0.15, 0.2) is 29.2 Å². The fourth-order valence-corrected chi connectivity index (χ4v) is 5.71. The molecular weight excluding hydrogens is 396 g/mol. The minimum absolute atomic E-state index is 0.103. The topological polar surface area (TPSA) is 104 Å². The molecule has 2 heterocycles. The average molecular weight is 425 g/mol. The predicted octanol–water partition coefficient (Wildman–Crippen LogP) is 1.69. The number of para-hydroxylation sites is 1. The highest BCUT2D eigenvalue weighted by atomic mass is 32.2. The first-order valence-electron chi connectivity index (χ1n) is 10.1. The summed E-state index contributed by atoms with van der Waals surface area (Å²) in [4.78, 5) is 26.9. The molecule has 9 nitrogen and oxygen atoms in total. The second-order valence-electron chi connectivity index (χ2n) is 7.55. The van der Waals surface area contributed by atoms with Gasteiger partial charge in [0.05, 0.1) is 11.5 Å². The maximum absolute atomic E-state index is 12.9. The Hall–Kier alpha value is -2.04. The van der Waals surface area contributed by atoms with Crippen LogP contribution in [-0.4, -0.2) is 78.7 Å². The number of benzene rings is 1. The van der Waals surface area contributed by atoms with Gasteiger partial charge >= 0.3 is 0 Å². The first-order chi connectivity index (χ1) is 13.8. The zero-order valence-corrected chi connectivity index (χ0v) is 17.5. The average Bonchev–Trinajstić information content (AvgIpc) is 2.74. The number of nitro benzene ring substituents is 1. The molecule has 0 aromatic heterocycles. The van der Waals surface area contributed by atoms with Gasteiger partial charge in [-0.15, -0.1) is 0 Å². The van der Waals surface area contributed by atoms with Crippen molar-refractivity contribution in [3.05, 3.63) is 34.4 Å². The standard InChI is InChI=1S/C19H28N4O5S/c1-2-16-7-5-6-10-22(16)19(24)15-20-11-13-21(14-12-20)29(27,28)18-9-4-3-8-17(18)23(25)26/h3-4,8-9,16H,2,5-7,10-15H2,1H3/t16-/m1/s1. The van der Waals surface area contributed by atoms with Gasteiger partial charge in [0.15, 0.2) is 4.90 Å². The SMILES string of the molecule is CC[C@@H]1CCCCN1C(=O)CN1CCN(S(=O)(=O)c2ccccc2[N+](=O)[O-])CC1. The molecule has 0 radical (unpaired) electrons. The molecule has 3 rings (SSSR count). The Bertz CT molecular complexity index is 852. The molecule has 160 valence electrons. The highest BCUT2D eigenvalue weighted by Gasteiger charge is 2.34. The summed E-state index contributed by atoms with van der Waals surface area (Å²) in [5.74, 6) is 0.103. The van der Waals surface area contributed by atoms with Crippen LogP contribution in [0, 0.1) is 10.1 Å². The molecule has 2 fully saturated rings. The van der Waals surface area contributed by atoms with E-state index >= 15 is 0 Å². The van der Waals surface area contributed by atoms with Crippen molar-refractivity contribution in [2.24, 2.45) is 0 Å². The van der Waals surface area contributed by atoms with Crippen LogP contribution in [0.1, 0.15) is 32.6 Å². The first-order valence-corrected chi connectivity index (χ1v) is 11.5. The lowest BCUT2D eigenvalue weighted by Gasteiger charge is -2.38. The molecule has 0 aliphatic carbocycles. The number of sulfonamides is 1. The van der Waals surface area contributed by atoms with E-state index in [1.807, 2.05) is 9.80 Å². The Balaban J connectivity index is 1.62. The summed E-state index contributed by atoms with van der Waals surface area (Å²) in [6.07, 6.45) is 4.19. The Kier molecular flexibility index (Phi) is 6.86.